The topological polar surface area (TPSA) is 58.1 Å². The third-order valence-electron chi connectivity index (χ3n) is 8.30. The van der Waals surface area contributed by atoms with Crippen LogP contribution in [0.25, 0.3) is 0 Å². The molecule has 1 aromatic carbocycles. The average molecular weight is 441 g/mol. The third kappa shape index (κ3) is 4.55. The van der Waals surface area contributed by atoms with Crippen LogP contribution in [0.15, 0.2) is 35.3 Å². The quantitative estimate of drug-likeness (QED) is 0.369. The first-order chi connectivity index (χ1) is 15.8. The summed E-state index contributed by atoms with van der Waals surface area (Å²) in [6.45, 7) is 5.96. The molecule has 5 rings (SSSR count). The molecule has 0 aromatic heterocycles. The zero-order valence-corrected chi connectivity index (χ0v) is 19.6. The molecule has 2 aliphatic carbocycles. The van der Waals surface area contributed by atoms with Gasteiger partial charge >= 0.3 is 0 Å². The first kappa shape index (κ1) is 22.2. The summed E-state index contributed by atoms with van der Waals surface area (Å²) in [5.41, 5.74) is 1.79. The van der Waals surface area contributed by atoms with Crippen LogP contribution in [-0.4, -0.2) is 69.0 Å². The number of piperidine rings is 1. The van der Waals surface area contributed by atoms with Crippen molar-refractivity contribution in [2.75, 3.05) is 39.9 Å². The van der Waals surface area contributed by atoms with Crippen molar-refractivity contribution in [3.8, 4) is 0 Å². The van der Waals surface area contributed by atoms with Crippen molar-refractivity contribution >= 4 is 5.96 Å². The Hall–Kier alpha value is -1.63. The Morgan fingerprint density at radius 2 is 2.00 bits per heavy atom. The van der Waals surface area contributed by atoms with E-state index in [4.69, 9.17) is 9.47 Å². The molecule has 4 aliphatic rings. The van der Waals surface area contributed by atoms with Gasteiger partial charge < -0.3 is 20.1 Å². The number of hydrogen-bond acceptors (Lipinski definition) is 4. The molecule has 2 heterocycles. The summed E-state index contributed by atoms with van der Waals surface area (Å²) in [5.74, 6) is 1.62. The van der Waals surface area contributed by atoms with E-state index in [1.54, 1.807) is 0 Å². The van der Waals surface area contributed by atoms with Crippen molar-refractivity contribution < 1.29 is 9.47 Å². The van der Waals surface area contributed by atoms with Gasteiger partial charge in [0, 0.05) is 63.8 Å². The molecule has 6 nitrogen and oxygen atoms in total. The van der Waals surface area contributed by atoms with Crippen LogP contribution in [0.2, 0.25) is 0 Å². The van der Waals surface area contributed by atoms with Gasteiger partial charge in [-0.3, -0.25) is 9.89 Å². The highest BCUT2D eigenvalue weighted by atomic mass is 16.5. The summed E-state index contributed by atoms with van der Waals surface area (Å²) in [6.07, 6.45) is 9.35. The van der Waals surface area contributed by atoms with Gasteiger partial charge in [0.2, 0.25) is 0 Å². The van der Waals surface area contributed by atoms with E-state index in [0.717, 1.165) is 64.6 Å². The lowest BCUT2D eigenvalue weighted by atomic mass is 9.46. The molecule has 2 saturated heterocycles. The van der Waals surface area contributed by atoms with Crippen molar-refractivity contribution in [2.45, 2.75) is 69.7 Å². The molecule has 0 amide bonds. The van der Waals surface area contributed by atoms with E-state index >= 15 is 0 Å². The molecule has 1 spiro atoms. The third-order valence-corrected chi connectivity index (χ3v) is 8.30. The Bertz CT molecular complexity index is 758. The maximum absolute atomic E-state index is 6.18. The molecule has 3 atom stereocenters. The Morgan fingerprint density at radius 1 is 1.19 bits per heavy atom. The van der Waals surface area contributed by atoms with E-state index in [2.05, 4.69) is 50.9 Å². The Morgan fingerprint density at radius 3 is 2.72 bits per heavy atom. The van der Waals surface area contributed by atoms with E-state index in [-0.39, 0.29) is 0 Å². The summed E-state index contributed by atoms with van der Waals surface area (Å²) in [6, 6.07) is 11.3. The number of benzene rings is 1. The van der Waals surface area contributed by atoms with Crippen LogP contribution in [0.5, 0.6) is 0 Å². The van der Waals surface area contributed by atoms with Crippen molar-refractivity contribution in [3.05, 3.63) is 35.9 Å². The van der Waals surface area contributed by atoms with Crippen molar-refractivity contribution in [1.29, 1.82) is 0 Å². The number of guanidine groups is 1. The fourth-order valence-corrected chi connectivity index (χ4v) is 6.40. The summed E-state index contributed by atoms with van der Waals surface area (Å²) in [7, 11) is 1.88. The molecule has 0 bridgehead atoms. The van der Waals surface area contributed by atoms with Gasteiger partial charge in [0.25, 0.3) is 0 Å². The zero-order chi connectivity index (χ0) is 21.8. The number of fused-ring (bicyclic) bond motifs is 2. The van der Waals surface area contributed by atoms with Gasteiger partial charge in [0.15, 0.2) is 5.96 Å². The van der Waals surface area contributed by atoms with Gasteiger partial charge in [-0.1, -0.05) is 36.8 Å². The maximum Gasteiger partial charge on any atom is 0.191 e. The summed E-state index contributed by atoms with van der Waals surface area (Å²) >= 11 is 0. The molecule has 3 unspecified atom stereocenters. The minimum Gasteiger partial charge on any atom is -0.378 e. The highest BCUT2D eigenvalue weighted by Gasteiger charge is 2.66. The average Bonchev–Trinajstić information content (AvgIpc) is 3.21. The molecule has 176 valence electrons. The number of ether oxygens (including phenoxy) is 2. The van der Waals surface area contributed by atoms with Crippen LogP contribution in [0.1, 0.15) is 50.5 Å². The second-order valence-corrected chi connectivity index (χ2v) is 10.1. The minimum atomic E-state index is 0.386. The van der Waals surface area contributed by atoms with E-state index in [9.17, 15) is 0 Å². The molecule has 4 fully saturated rings. The van der Waals surface area contributed by atoms with Gasteiger partial charge in [-0.2, -0.15) is 0 Å². The van der Waals surface area contributed by atoms with Crippen LogP contribution in [0.4, 0.5) is 0 Å². The molecule has 2 aliphatic heterocycles. The lowest BCUT2D eigenvalue weighted by Crippen LogP contribution is -2.72. The number of aliphatic imine (C=N–C) groups is 1. The van der Waals surface area contributed by atoms with Crippen molar-refractivity contribution in [3.63, 3.8) is 0 Å². The fourth-order valence-electron chi connectivity index (χ4n) is 6.40. The predicted molar refractivity (Wildman–Crippen MR) is 128 cm³/mol. The zero-order valence-electron chi connectivity index (χ0n) is 19.6. The van der Waals surface area contributed by atoms with Gasteiger partial charge in [0.1, 0.15) is 0 Å². The molecule has 2 saturated carbocycles. The second-order valence-electron chi connectivity index (χ2n) is 10.1. The molecule has 2 N–H and O–H groups in total. The number of hydrogen-bond donors (Lipinski definition) is 2. The van der Waals surface area contributed by atoms with Gasteiger partial charge in [-0.25, -0.2) is 0 Å². The maximum atomic E-state index is 6.18. The molecule has 6 heteroatoms. The van der Waals surface area contributed by atoms with Crippen LogP contribution < -0.4 is 10.6 Å². The minimum absolute atomic E-state index is 0.386. The number of nitrogens with one attached hydrogen (secondary N) is 2. The van der Waals surface area contributed by atoms with E-state index in [1.165, 1.54) is 31.2 Å². The Labute approximate surface area is 193 Å². The second kappa shape index (κ2) is 10.1. The molecule has 0 radical (unpaired) electrons. The van der Waals surface area contributed by atoms with Crippen LogP contribution in [0.3, 0.4) is 0 Å². The first-order valence-corrected chi connectivity index (χ1v) is 12.8. The highest BCUT2D eigenvalue weighted by molar-refractivity contribution is 5.80. The van der Waals surface area contributed by atoms with Crippen molar-refractivity contribution in [2.24, 2.45) is 16.3 Å². The largest absolute Gasteiger partial charge is 0.378 e. The molecule has 32 heavy (non-hydrogen) atoms. The normalized spacial score (nSPS) is 29.9. The van der Waals surface area contributed by atoms with E-state index < -0.39 is 0 Å². The SMILES string of the molecule is CN=C(NCCCOC1CCN(Cc2ccccc2)CC1)NC1C2CCOC2C12CCC2. The lowest BCUT2D eigenvalue weighted by Gasteiger charge is -2.63. The van der Waals surface area contributed by atoms with Gasteiger partial charge in [0.05, 0.1) is 12.2 Å². The molecule has 1 aromatic rings. The Balaban J connectivity index is 0.961. The summed E-state index contributed by atoms with van der Waals surface area (Å²) in [5, 5.41) is 7.26. The van der Waals surface area contributed by atoms with Crippen molar-refractivity contribution in [1.82, 2.24) is 15.5 Å². The number of nitrogens with zero attached hydrogens (tertiary/aromatic N) is 2. The van der Waals surface area contributed by atoms with E-state index in [0.29, 0.717) is 29.6 Å². The number of likely N-dealkylation sites (tertiary alicyclic amines) is 1. The predicted octanol–water partition coefficient (Wildman–Crippen LogP) is 3.18. The van der Waals surface area contributed by atoms with Crippen LogP contribution in [0, 0.1) is 11.3 Å². The molecular weight excluding hydrogens is 400 g/mol. The van der Waals surface area contributed by atoms with Gasteiger partial charge in [-0.05, 0) is 44.1 Å². The van der Waals surface area contributed by atoms with Crippen LogP contribution >= 0.6 is 0 Å². The molecular formula is C26H40N4O2. The smallest absolute Gasteiger partial charge is 0.191 e. The lowest BCUT2D eigenvalue weighted by molar-refractivity contribution is -0.171. The van der Waals surface area contributed by atoms with E-state index in [1.807, 2.05) is 7.05 Å². The Kier molecular flexibility index (Phi) is 7.00. The number of rotatable bonds is 8. The van der Waals surface area contributed by atoms with Gasteiger partial charge in [-0.15, -0.1) is 0 Å². The fraction of sp³-hybridized carbons (Fsp3) is 0.731. The summed E-state index contributed by atoms with van der Waals surface area (Å²) < 4.78 is 12.2. The summed E-state index contributed by atoms with van der Waals surface area (Å²) in [4.78, 5) is 7.03. The monoisotopic (exact) mass is 440 g/mol. The highest BCUT2D eigenvalue weighted by Crippen LogP contribution is 2.62. The standard InChI is InChI=1S/C26H40N4O2/c1-27-25(29-23-22-11-18-32-24(22)26(23)12-5-13-26)28-14-6-17-31-21-9-15-30(16-10-21)19-20-7-3-2-4-8-20/h2-4,7-8,21-24H,5-6,9-19H2,1H3,(H2,27,28,29). The van der Waals surface area contributed by atoms with Crippen LogP contribution in [-0.2, 0) is 16.0 Å². The first-order valence-electron chi connectivity index (χ1n) is 12.8.